The summed E-state index contributed by atoms with van der Waals surface area (Å²) in [5.41, 5.74) is 2.97. The fourth-order valence-electron chi connectivity index (χ4n) is 2.79. The number of hydrogen-bond acceptors (Lipinski definition) is 4. The number of hydrogen-bond donors (Lipinski definition) is 1. The molecule has 0 radical (unpaired) electrons. The molecule has 0 spiro atoms. The Hall–Kier alpha value is -1.88. The molecule has 0 saturated carbocycles. The highest BCUT2D eigenvalue weighted by Crippen LogP contribution is 2.27. The van der Waals surface area contributed by atoms with Gasteiger partial charge >= 0.3 is 6.09 Å². The normalized spacial score (nSPS) is 22.4. The van der Waals surface area contributed by atoms with E-state index in [1.165, 1.54) is 4.90 Å². The molecule has 1 aromatic carbocycles. The summed E-state index contributed by atoms with van der Waals surface area (Å²) in [6, 6.07) is 5.74. The maximum absolute atomic E-state index is 11.8. The monoisotopic (exact) mass is 275 g/mol. The van der Waals surface area contributed by atoms with Crippen molar-refractivity contribution in [2.24, 2.45) is 0 Å². The Morgan fingerprint density at radius 2 is 2.10 bits per heavy atom. The molecule has 1 heterocycles. The molecule has 1 amide bonds. The first-order chi connectivity index (χ1) is 9.67. The molecule has 0 bridgehead atoms. The van der Waals surface area contributed by atoms with Crippen LogP contribution >= 0.6 is 0 Å². The van der Waals surface area contributed by atoms with Gasteiger partial charge < -0.3 is 9.84 Å². The van der Waals surface area contributed by atoms with Gasteiger partial charge in [0.05, 0.1) is 13.2 Å². The Labute approximate surface area is 117 Å². The predicted octanol–water partition coefficient (Wildman–Crippen LogP) is 1.45. The van der Waals surface area contributed by atoms with E-state index in [1.54, 1.807) is 0 Å². The number of ketones is 1. The molecule has 20 heavy (non-hydrogen) atoms. The minimum absolute atomic E-state index is 0.165. The van der Waals surface area contributed by atoms with E-state index in [9.17, 15) is 9.59 Å². The second-order valence-electron chi connectivity index (χ2n) is 5.32. The summed E-state index contributed by atoms with van der Waals surface area (Å²) in [6.45, 7) is 0.203. The van der Waals surface area contributed by atoms with Gasteiger partial charge in [-0.05, 0) is 36.1 Å². The van der Waals surface area contributed by atoms with Gasteiger partial charge in [-0.3, -0.25) is 9.69 Å². The molecule has 5 heteroatoms. The van der Waals surface area contributed by atoms with Crippen LogP contribution in [0.5, 0.6) is 0 Å². The standard InChI is InChI=1S/C15H17NO4/c17-9-14-8-16(15(19)20-14)12-5-4-11-7-13(18)3-1-2-10(11)6-12/h4-6,14,17H,1-3,7-9H2/t14-/m1/s1. The first-order valence-corrected chi connectivity index (χ1v) is 6.90. The van der Waals surface area contributed by atoms with Crippen molar-refractivity contribution < 1.29 is 19.4 Å². The fourth-order valence-corrected chi connectivity index (χ4v) is 2.79. The first-order valence-electron chi connectivity index (χ1n) is 6.90. The number of aliphatic hydroxyl groups is 1. The molecule has 1 saturated heterocycles. The van der Waals surface area contributed by atoms with Crippen LogP contribution < -0.4 is 4.90 Å². The number of aliphatic hydroxyl groups excluding tert-OH is 1. The van der Waals surface area contributed by atoms with Crippen LogP contribution in [0, 0.1) is 0 Å². The second kappa shape index (κ2) is 5.25. The molecule has 1 fully saturated rings. The van der Waals surface area contributed by atoms with Gasteiger partial charge in [-0.25, -0.2) is 4.79 Å². The molecule has 1 aliphatic heterocycles. The van der Waals surface area contributed by atoms with Crippen molar-refractivity contribution in [2.45, 2.75) is 31.8 Å². The van der Waals surface area contributed by atoms with E-state index >= 15 is 0 Å². The lowest BCUT2D eigenvalue weighted by molar-refractivity contribution is -0.118. The Kier molecular flexibility index (Phi) is 3.44. The number of anilines is 1. The van der Waals surface area contributed by atoms with Crippen molar-refractivity contribution in [2.75, 3.05) is 18.1 Å². The number of ether oxygens (including phenoxy) is 1. The number of aryl methyl sites for hydroxylation is 1. The Balaban J connectivity index is 1.87. The van der Waals surface area contributed by atoms with Crippen molar-refractivity contribution >= 4 is 17.6 Å². The third-order valence-corrected chi connectivity index (χ3v) is 3.87. The third kappa shape index (κ3) is 2.41. The van der Waals surface area contributed by atoms with E-state index in [4.69, 9.17) is 9.84 Å². The van der Waals surface area contributed by atoms with Crippen LogP contribution in [-0.4, -0.2) is 36.2 Å². The lowest BCUT2D eigenvalue weighted by atomic mass is 10.0. The summed E-state index contributed by atoms with van der Waals surface area (Å²) >= 11 is 0. The van der Waals surface area contributed by atoms with Gasteiger partial charge in [-0.1, -0.05) is 6.07 Å². The number of benzene rings is 1. The predicted molar refractivity (Wildman–Crippen MR) is 72.8 cm³/mol. The molecule has 1 aliphatic carbocycles. The minimum Gasteiger partial charge on any atom is -0.441 e. The summed E-state index contributed by atoms with van der Waals surface area (Å²) in [6.07, 6.45) is 1.96. The highest BCUT2D eigenvalue weighted by atomic mass is 16.6. The molecule has 5 nitrogen and oxygen atoms in total. The van der Waals surface area contributed by atoms with Gasteiger partial charge in [0, 0.05) is 18.5 Å². The molecule has 1 aromatic rings. The number of nitrogens with zero attached hydrogens (tertiary/aromatic N) is 1. The van der Waals surface area contributed by atoms with Gasteiger partial charge in [0.15, 0.2) is 0 Å². The van der Waals surface area contributed by atoms with E-state index in [-0.39, 0.29) is 12.4 Å². The van der Waals surface area contributed by atoms with Crippen LogP contribution in [0.2, 0.25) is 0 Å². The molecule has 106 valence electrons. The molecule has 0 aromatic heterocycles. The molecule has 3 rings (SSSR count). The van der Waals surface area contributed by atoms with Crippen LogP contribution in [0.3, 0.4) is 0 Å². The van der Waals surface area contributed by atoms with Crippen molar-refractivity contribution in [3.63, 3.8) is 0 Å². The van der Waals surface area contributed by atoms with E-state index < -0.39 is 12.2 Å². The SMILES string of the molecule is O=C1CCCc2cc(N3C[C@H](CO)OC3=O)ccc2C1. The van der Waals surface area contributed by atoms with Crippen molar-refractivity contribution in [3.05, 3.63) is 29.3 Å². The fraction of sp³-hybridized carbons (Fsp3) is 0.467. The van der Waals surface area contributed by atoms with Crippen LogP contribution in [0.25, 0.3) is 0 Å². The first kappa shape index (κ1) is 13.1. The van der Waals surface area contributed by atoms with Crippen molar-refractivity contribution in [3.8, 4) is 0 Å². The molecule has 1 atom stereocenters. The number of fused-ring (bicyclic) bond motifs is 1. The van der Waals surface area contributed by atoms with E-state index in [0.717, 1.165) is 29.7 Å². The molecular weight excluding hydrogens is 258 g/mol. The number of carbonyl (C=O) groups is 2. The Morgan fingerprint density at radius 3 is 2.85 bits per heavy atom. The lowest BCUT2D eigenvalue weighted by Crippen LogP contribution is -2.25. The van der Waals surface area contributed by atoms with Gasteiger partial charge in [-0.2, -0.15) is 0 Å². The Bertz CT molecular complexity index is 555. The van der Waals surface area contributed by atoms with Gasteiger partial charge in [0.2, 0.25) is 0 Å². The quantitative estimate of drug-likeness (QED) is 0.830. The van der Waals surface area contributed by atoms with E-state index in [1.807, 2.05) is 18.2 Å². The van der Waals surface area contributed by atoms with Crippen LogP contribution in [-0.2, 0) is 22.4 Å². The maximum atomic E-state index is 11.8. The number of cyclic esters (lactones) is 1. The summed E-state index contributed by atoms with van der Waals surface area (Å²) < 4.78 is 5.05. The summed E-state index contributed by atoms with van der Waals surface area (Å²) in [5.74, 6) is 0.275. The lowest BCUT2D eigenvalue weighted by Gasteiger charge is -2.15. The second-order valence-corrected chi connectivity index (χ2v) is 5.32. The zero-order valence-electron chi connectivity index (χ0n) is 11.2. The van der Waals surface area contributed by atoms with E-state index in [2.05, 4.69) is 0 Å². The van der Waals surface area contributed by atoms with E-state index in [0.29, 0.717) is 19.4 Å². The summed E-state index contributed by atoms with van der Waals surface area (Å²) in [4.78, 5) is 24.9. The topological polar surface area (TPSA) is 66.8 Å². The molecular formula is C15H17NO4. The number of amides is 1. The number of carbonyl (C=O) groups excluding carboxylic acids is 2. The largest absolute Gasteiger partial charge is 0.441 e. The van der Waals surface area contributed by atoms with Crippen LogP contribution in [0.1, 0.15) is 24.0 Å². The zero-order valence-corrected chi connectivity index (χ0v) is 11.2. The molecule has 2 aliphatic rings. The van der Waals surface area contributed by atoms with Crippen LogP contribution in [0.15, 0.2) is 18.2 Å². The Morgan fingerprint density at radius 1 is 1.25 bits per heavy atom. The average Bonchev–Trinajstić information content (AvgIpc) is 2.71. The average molecular weight is 275 g/mol. The smallest absolute Gasteiger partial charge is 0.414 e. The number of Topliss-reactive ketones (excluding diaryl/α,β-unsaturated/α-hetero) is 1. The summed E-state index contributed by atoms with van der Waals surface area (Å²) in [7, 11) is 0. The minimum atomic E-state index is -0.456. The van der Waals surface area contributed by atoms with Crippen molar-refractivity contribution in [1.29, 1.82) is 0 Å². The number of rotatable bonds is 2. The maximum Gasteiger partial charge on any atom is 0.414 e. The third-order valence-electron chi connectivity index (χ3n) is 3.87. The molecule has 1 N–H and O–H groups in total. The van der Waals surface area contributed by atoms with Crippen molar-refractivity contribution in [1.82, 2.24) is 0 Å². The van der Waals surface area contributed by atoms with Gasteiger partial charge in [-0.15, -0.1) is 0 Å². The van der Waals surface area contributed by atoms with Crippen LogP contribution in [0.4, 0.5) is 10.5 Å². The summed E-state index contributed by atoms with van der Waals surface area (Å²) in [5, 5.41) is 9.07. The highest BCUT2D eigenvalue weighted by molar-refractivity contribution is 5.90. The molecule has 0 unspecified atom stereocenters. The highest BCUT2D eigenvalue weighted by Gasteiger charge is 2.32. The van der Waals surface area contributed by atoms with Gasteiger partial charge in [0.25, 0.3) is 0 Å². The zero-order chi connectivity index (χ0) is 14.1. The van der Waals surface area contributed by atoms with Gasteiger partial charge in [0.1, 0.15) is 11.9 Å².